The number of morpholine rings is 1. The summed E-state index contributed by atoms with van der Waals surface area (Å²) < 4.78 is 20.4. The highest BCUT2D eigenvalue weighted by Gasteiger charge is 2.17. The zero-order chi connectivity index (χ0) is 15.8. The number of fused-ring (bicyclic) bond motifs is 1. The number of hydrogen-bond acceptors (Lipinski definition) is 5. The normalized spacial score (nSPS) is 15.3. The molecule has 0 aliphatic carbocycles. The van der Waals surface area contributed by atoms with Gasteiger partial charge in [0.2, 0.25) is 5.95 Å². The first-order chi connectivity index (χ1) is 11.2. The molecule has 23 heavy (non-hydrogen) atoms. The lowest BCUT2D eigenvalue weighted by Crippen LogP contribution is -2.37. The largest absolute Gasteiger partial charge is 0.378 e. The average molecular weight is 313 g/mol. The molecule has 0 spiro atoms. The topological polar surface area (TPSA) is 56.1 Å². The Morgan fingerprint density at radius 2 is 1.83 bits per heavy atom. The van der Waals surface area contributed by atoms with Crippen LogP contribution in [-0.4, -0.2) is 45.8 Å². The van der Waals surface area contributed by atoms with E-state index in [1.54, 1.807) is 18.3 Å². The van der Waals surface area contributed by atoms with Gasteiger partial charge < -0.3 is 14.2 Å². The Bertz CT molecular complexity index is 840. The Labute approximate surface area is 132 Å². The highest BCUT2D eigenvalue weighted by Crippen LogP contribution is 2.23. The van der Waals surface area contributed by atoms with Crippen LogP contribution in [0.1, 0.15) is 0 Å². The predicted molar refractivity (Wildman–Crippen MR) is 84.7 cm³/mol. The lowest BCUT2D eigenvalue weighted by atomic mass is 10.2. The summed E-state index contributed by atoms with van der Waals surface area (Å²) in [5, 5.41) is 0. The van der Waals surface area contributed by atoms with E-state index >= 15 is 0 Å². The molecule has 0 bridgehead atoms. The highest BCUT2D eigenvalue weighted by atomic mass is 19.1. The van der Waals surface area contributed by atoms with Crippen LogP contribution in [0.25, 0.3) is 22.6 Å². The maximum atomic E-state index is 13.1. The number of ether oxygens (including phenoxy) is 1. The van der Waals surface area contributed by atoms with Crippen molar-refractivity contribution in [2.75, 3.05) is 31.2 Å². The van der Waals surface area contributed by atoms with Crippen molar-refractivity contribution in [3.05, 3.63) is 36.3 Å². The number of anilines is 1. The molecule has 3 heterocycles. The van der Waals surface area contributed by atoms with Crippen LogP contribution < -0.4 is 4.90 Å². The van der Waals surface area contributed by atoms with Crippen LogP contribution in [0.5, 0.6) is 0 Å². The molecule has 0 unspecified atom stereocenters. The van der Waals surface area contributed by atoms with Crippen molar-refractivity contribution in [2.24, 2.45) is 7.05 Å². The summed E-state index contributed by atoms with van der Waals surface area (Å²) in [7, 11) is 1.91. The molecule has 1 saturated heterocycles. The number of benzene rings is 1. The molecule has 1 fully saturated rings. The summed E-state index contributed by atoms with van der Waals surface area (Å²) in [4.78, 5) is 15.7. The molecule has 4 rings (SSSR count). The zero-order valence-corrected chi connectivity index (χ0v) is 12.7. The number of halogens is 1. The SMILES string of the molecule is Cn1c(-c2ccc(F)cc2)nc2cnc(N3CCOCC3)nc21. The average Bonchev–Trinajstić information content (AvgIpc) is 2.93. The summed E-state index contributed by atoms with van der Waals surface area (Å²) in [5.74, 6) is 1.17. The van der Waals surface area contributed by atoms with Gasteiger partial charge in [0.15, 0.2) is 5.65 Å². The minimum atomic E-state index is -0.262. The van der Waals surface area contributed by atoms with Crippen LogP contribution in [0.2, 0.25) is 0 Å². The van der Waals surface area contributed by atoms with Crippen molar-refractivity contribution >= 4 is 17.1 Å². The van der Waals surface area contributed by atoms with Crippen LogP contribution in [0.3, 0.4) is 0 Å². The number of nitrogens with zero attached hydrogens (tertiary/aromatic N) is 5. The minimum Gasteiger partial charge on any atom is -0.378 e. The summed E-state index contributed by atoms with van der Waals surface area (Å²) in [6, 6.07) is 6.29. The Morgan fingerprint density at radius 1 is 1.09 bits per heavy atom. The van der Waals surface area contributed by atoms with Crippen molar-refractivity contribution < 1.29 is 9.13 Å². The van der Waals surface area contributed by atoms with Crippen LogP contribution in [0.15, 0.2) is 30.5 Å². The first-order valence-corrected chi connectivity index (χ1v) is 7.50. The van der Waals surface area contributed by atoms with Crippen LogP contribution in [0.4, 0.5) is 10.3 Å². The van der Waals surface area contributed by atoms with Crippen molar-refractivity contribution in [2.45, 2.75) is 0 Å². The van der Waals surface area contributed by atoms with E-state index in [9.17, 15) is 4.39 Å². The van der Waals surface area contributed by atoms with Crippen molar-refractivity contribution in [3.8, 4) is 11.4 Å². The van der Waals surface area contributed by atoms with Gasteiger partial charge in [-0.1, -0.05) is 0 Å². The maximum absolute atomic E-state index is 13.1. The van der Waals surface area contributed by atoms with Crippen molar-refractivity contribution in [1.82, 2.24) is 19.5 Å². The predicted octanol–water partition coefficient (Wildman–Crippen LogP) is 2.01. The van der Waals surface area contributed by atoms with E-state index in [1.165, 1.54) is 12.1 Å². The second kappa shape index (κ2) is 5.58. The lowest BCUT2D eigenvalue weighted by molar-refractivity contribution is 0.122. The van der Waals surface area contributed by atoms with Gasteiger partial charge in [-0.15, -0.1) is 0 Å². The van der Waals surface area contributed by atoms with E-state index in [1.807, 2.05) is 11.6 Å². The molecule has 118 valence electrons. The van der Waals surface area contributed by atoms with Gasteiger partial charge >= 0.3 is 0 Å². The van der Waals surface area contributed by atoms with Crippen LogP contribution in [-0.2, 0) is 11.8 Å². The molecule has 1 aromatic carbocycles. The summed E-state index contributed by atoms with van der Waals surface area (Å²) in [6.07, 6.45) is 1.74. The molecule has 1 aliphatic heterocycles. The molecule has 0 radical (unpaired) electrons. The fourth-order valence-corrected chi connectivity index (χ4v) is 2.75. The van der Waals surface area contributed by atoms with Gasteiger partial charge in [0.1, 0.15) is 17.2 Å². The Balaban J connectivity index is 1.76. The third-order valence-electron chi connectivity index (χ3n) is 4.00. The fraction of sp³-hybridized carbons (Fsp3) is 0.312. The number of aryl methyl sites for hydroxylation is 1. The van der Waals surface area contributed by atoms with E-state index < -0.39 is 0 Å². The quantitative estimate of drug-likeness (QED) is 0.724. The summed E-state index contributed by atoms with van der Waals surface area (Å²) in [6.45, 7) is 2.95. The standard InChI is InChI=1S/C16H16FN5O/c1-21-14(11-2-4-12(17)5-3-11)19-13-10-18-16(20-15(13)21)22-6-8-23-9-7-22/h2-5,10H,6-9H2,1H3. The van der Waals surface area contributed by atoms with Gasteiger partial charge in [0.05, 0.1) is 19.4 Å². The zero-order valence-electron chi connectivity index (χ0n) is 12.7. The molecule has 0 atom stereocenters. The monoisotopic (exact) mass is 313 g/mol. The molecule has 0 saturated carbocycles. The number of rotatable bonds is 2. The molecule has 6 nitrogen and oxygen atoms in total. The smallest absolute Gasteiger partial charge is 0.227 e. The lowest BCUT2D eigenvalue weighted by Gasteiger charge is -2.26. The van der Waals surface area contributed by atoms with E-state index in [0.29, 0.717) is 19.2 Å². The Morgan fingerprint density at radius 3 is 2.57 bits per heavy atom. The Kier molecular flexibility index (Phi) is 3.42. The molecule has 0 N–H and O–H groups in total. The molecule has 2 aromatic heterocycles. The van der Waals surface area contributed by atoms with Crippen LogP contribution >= 0.6 is 0 Å². The van der Waals surface area contributed by atoms with Gasteiger partial charge in [-0.05, 0) is 24.3 Å². The van der Waals surface area contributed by atoms with Gasteiger partial charge in [-0.3, -0.25) is 0 Å². The summed E-state index contributed by atoms with van der Waals surface area (Å²) >= 11 is 0. The van der Waals surface area contributed by atoms with E-state index in [2.05, 4.69) is 19.9 Å². The third-order valence-corrected chi connectivity index (χ3v) is 4.00. The first-order valence-electron chi connectivity index (χ1n) is 7.50. The maximum Gasteiger partial charge on any atom is 0.227 e. The number of hydrogen-bond donors (Lipinski definition) is 0. The van der Waals surface area contributed by atoms with E-state index in [0.717, 1.165) is 35.6 Å². The summed E-state index contributed by atoms with van der Waals surface area (Å²) in [5.41, 5.74) is 2.34. The number of aromatic nitrogens is 4. The second-order valence-electron chi connectivity index (χ2n) is 5.48. The van der Waals surface area contributed by atoms with Crippen LogP contribution in [0, 0.1) is 5.82 Å². The molecule has 7 heteroatoms. The first kappa shape index (κ1) is 14.1. The molecule has 3 aromatic rings. The molecular weight excluding hydrogens is 297 g/mol. The fourth-order valence-electron chi connectivity index (χ4n) is 2.75. The molecule has 0 amide bonds. The second-order valence-corrected chi connectivity index (χ2v) is 5.48. The minimum absolute atomic E-state index is 0.262. The number of imidazole rings is 1. The van der Waals surface area contributed by atoms with Gasteiger partial charge in [0, 0.05) is 25.7 Å². The van der Waals surface area contributed by atoms with E-state index in [4.69, 9.17) is 4.74 Å². The molecule has 1 aliphatic rings. The van der Waals surface area contributed by atoms with Gasteiger partial charge in [0.25, 0.3) is 0 Å². The van der Waals surface area contributed by atoms with Crippen molar-refractivity contribution in [3.63, 3.8) is 0 Å². The highest BCUT2D eigenvalue weighted by molar-refractivity contribution is 5.77. The van der Waals surface area contributed by atoms with E-state index in [-0.39, 0.29) is 5.82 Å². The molecular formula is C16H16FN5O. The third kappa shape index (κ3) is 2.53. The van der Waals surface area contributed by atoms with Gasteiger partial charge in [-0.25, -0.2) is 14.4 Å². The Hall–Kier alpha value is -2.54. The van der Waals surface area contributed by atoms with Gasteiger partial charge in [-0.2, -0.15) is 4.98 Å². The van der Waals surface area contributed by atoms with Crippen molar-refractivity contribution in [1.29, 1.82) is 0 Å².